The molecule has 7 heteroatoms. The lowest BCUT2D eigenvalue weighted by molar-refractivity contribution is -0.148. The molecule has 0 fully saturated rings. The zero-order valence-corrected chi connectivity index (χ0v) is 16.9. The maximum Gasteiger partial charge on any atom is 0.306 e. The standard InChI is InChI=1S/C21H22ClNO4S/c22-17-9-7-16(8-10-17)19(24)11-12-21(26)27-15-20(25)23-13-4-14-28-18-5-2-1-3-6-18/h1-3,5-10H,4,11-15H2,(H,23,25). The van der Waals surface area contributed by atoms with Gasteiger partial charge in [-0.05, 0) is 48.6 Å². The molecule has 0 aliphatic carbocycles. The number of amides is 1. The highest BCUT2D eigenvalue weighted by Crippen LogP contribution is 2.17. The summed E-state index contributed by atoms with van der Waals surface area (Å²) in [4.78, 5) is 36.6. The Morgan fingerprint density at radius 2 is 1.68 bits per heavy atom. The van der Waals surface area contributed by atoms with Crippen LogP contribution < -0.4 is 5.32 Å². The molecule has 0 unspecified atom stereocenters. The Morgan fingerprint density at radius 1 is 0.964 bits per heavy atom. The maximum atomic E-state index is 12.0. The third-order valence-electron chi connectivity index (χ3n) is 3.74. The number of hydrogen-bond acceptors (Lipinski definition) is 5. The van der Waals surface area contributed by atoms with E-state index in [1.54, 1.807) is 36.0 Å². The Hall–Kier alpha value is -2.31. The summed E-state index contributed by atoms with van der Waals surface area (Å²) in [6, 6.07) is 16.5. The minimum atomic E-state index is -0.572. The number of ether oxygens (including phenoxy) is 1. The minimum Gasteiger partial charge on any atom is -0.456 e. The molecular weight excluding hydrogens is 398 g/mol. The SMILES string of the molecule is O=C(COC(=O)CCC(=O)c1ccc(Cl)cc1)NCCCSc1ccccc1. The molecule has 2 rings (SSSR count). The molecule has 0 saturated carbocycles. The Balaban J connectivity index is 1.53. The van der Waals surface area contributed by atoms with Gasteiger partial charge < -0.3 is 10.1 Å². The monoisotopic (exact) mass is 419 g/mol. The number of halogens is 1. The van der Waals surface area contributed by atoms with Crippen LogP contribution in [0, 0.1) is 0 Å². The summed E-state index contributed by atoms with van der Waals surface area (Å²) in [7, 11) is 0. The number of Topliss-reactive ketones (excluding diaryl/α,β-unsaturated/α-hetero) is 1. The third-order valence-corrected chi connectivity index (χ3v) is 5.09. The van der Waals surface area contributed by atoms with Gasteiger partial charge in [0.2, 0.25) is 0 Å². The average Bonchev–Trinajstić information content (AvgIpc) is 2.71. The second kappa shape index (κ2) is 12.2. The van der Waals surface area contributed by atoms with Gasteiger partial charge in [0.05, 0.1) is 6.42 Å². The maximum absolute atomic E-state index is 12.0. The molecule has 2 aromatic rings. The molecule has 1 amide bonds. The van der Waals surface area contributed by atoms with Crippen LogP contribution in [0.1, 0.15) is 29.6 Å². The van der Waals surface area contributed by atoms with E-state index in [0.717, 1.165) is 12.2 Å². The van der Waals surface area contributed by atoms with Crippen molar-refractivity contribution in [3.05, 3.63) is 65.2 Å². The van der Waals surface area contributed by atoms with Gasteiger partial charge in [0, 0.05) is 28.4 Å². The topological polar surface area (TPSA) is 72.5 Å². The number of thioether (sulfide) groups is 1. The van der Waals surface area contributed by atoms with Crippen LogP contribution in [0.15, 0.2) is 59.5 Å². The van der Waals surface area contributed by atoms with Gasteiger partial charge in [-0.2, -0.15) is 0 Å². The second-order valence-electron chi connectivity index (χ2n) is 5.96. The Labute approximate surface area is 173 Å². The van der Waals surface area contributed by atoms with E-state index in [0.29, 0.717) is 17.1 Å². The number of carbonyl (C=O) groups is 3. The highest BCUT2D eigenvalue weighted by atomic mass is 35.5. The first-order chi connectivity index (χ1) is 13.5. The lowest BCUT2D eigenvalue weighted by atomic mass is 10.1. The number of carbonyl (C=O) groups excluding carboxylic acids is 3. The van der Waals surface area contributed by atoms with E-state index in [4.69, 9.17) is 16.3 Å². The van der Waals surface area contributed by atoms with Crippen molar-refractivity contribution in [2.75, 3.05) is 18.9 Å². The first kappa shape index (κ1) is 22.0. The molecule has 5 nitrogen and oxygen atoms in total. The van der Waals surface area contributed by atoms with Crippen molar-refractivity contribution in [2.45, 2.75) is 24.2 Å². The van der Waals surface area contributed by atoms with Gasteiger partial charge in [0.1, 0.15) is 0 Å². The van der Waals surface area contributed by atoms with Crippen LogP contribution in [0.2, 0.25) is 5.02 Å². The van der Waals surface area contributed by atoms with Crippen molar-refractivity contribution in [3.63, 3.8) is 0 Å². The van der Waals surface area contributed by atoms with Crippen molar-refractivity contribution in [1.82, 2.24) is 5.32 Å². The molecule has 2 aromatic carbocycles. The predicted molar refractivity (Wildman–Crippen MR) is 111 cm³/mol. The lowest BCUT2D eigenvalue weighted by Gasteiger charge is -2.07. The summed E-state index contributed by atoms with van der Waals surface area (Å²) in [6.45, 7) is 0.186. The van der Waals surface area contributed by atoms with Crippen LogP contribution in [-0.2, 0) is 14.3 Å². The summed E-state index contributed by atoms with van der Waals surface area (Å²) >= 11 is 7.49. The molecule has 1 N–H and O–H groups in total. The van der Waals surface area contributed by atoms with E-state index in [1.807, 2.05) is 30.3 Å². The Morgan fingerprint density at radius 3 is 2.39 bits per heavy atom. The fourth-order valence-corrected chi connectivity index (χ4v) is 3.27. The lowest BCUT2D eigenvalue weighted by Crippen LogP contribution is -2.29. The zero-order chi connectivity index (χ0) is 20.2. The van der Waals surface area contributed by atoms with Crippen molar-refractivity contribution in [2.24, 2.45) is 0 Å². The molecule has 0 atom stereocenters. The van der Waals surface area contributed by atoms with Gasteiger partial charge in [0.15, 0.2) is 12.4 Å². The molecule has 0 radical (unpaired) electrons. The van der Waals surface area contributed by atoms with Crippen molar-refractivity contribution < 1.29 is 19.1 Å². The number of nitrogens with one attached hydrogen (secondary N) is 1. The molecule has 0 heterocycles. The predicted octanol–water partition coefficient (Wildman–Crippen LogP) is 4.14. The number of rotatable bonds is 11. The van der Waals surface area contributed by atoms with E-state index in [-0.39, 0.29) is 31.1 Å². The zero-order valence-electron chi connectivity index (χ0n) is 15.4. The van der Waals surface area contributed by atoms with E-state index < -0.39 is 5.97 Å². The molecule has 148 valence electrons. The van der Waals surface area contributed by atoms with Crippen LogP contribution in [0.25, 0.3) is 0 Å². The first-order valence-corrected chi connectivity index (χ1v) is 10.3. The summed E-state index contributed by atoms with van der Waals surface area (Å²) < 4.78 is 4.91. The van der Waals surface area contributed by atoms with E-state index in [2.05, 4.69) is 5.32 Å². The molecule has 0 spiro atoms. The molecule has 0 aliphatic rings. The van der Waals surface area contributed by atoms with Gasteiger partial charge in [0.25, 0.3) is 5.91 Å². The van der Waals surface area contributed by atoms with Gasteiger partial charge in [-0.15, -0.1) is 11.8 Å². The first-order valence-electron chi connectivity index (χ1n) is 8.93. The van der Waals surface area contributed by atoms with Crippen molar-refractivity contribution in [3.8, 4) is 0 Å². The molecule has 0 saturated heterocycles. The molecule has 28 heavy (non-hydrogen) atoms. The van der Waals surface area contributed by atoms with Crippen molar-refractivity contribution in [1.29, 1.82) is 0 Å². The summed E-state index contributed by atoms with van der Waals surface area (Å²) in [5, 5.41) is 3.25. The Kier molecular flexibility index (Phi) is 9.59. The minimum absolute atomic E-state index is 0.0266. The average molecular weight is 420 g/mol. The van der Waals surface area contributed by atoms with Crippen LogP contribution in [-0.4, -0.2) is 36.6 Å². The van der Waals surface area contributed by atoms with Crippen LogP contribution in [0.3, 0.4) is 0 Å². The van der Waals surface area contributed by atoms with Gasteiger partial charge in [-0.1, -0.05) is 29.8 Å². The van der Waals surface area contributed by atoms with Crippen LogP contribution >= 0.6 is 23.4 Å². The molecule has 0 bridgehead atoms. The highest BCUT2D eigenvalue weighted by molar-refractivity contribution is 7.99. The largest absolute Gasteiger partial charge is 0.456 e. The summed E-state index contributed by atoms with van der Waals surface area (Å²) in [5.74, 6) is -0.204. The normalized spacial score (nSPS) is 10.3. The number of esters is 1. The Bertz CT molecular complexity index is 781. The number of ketones is 1. The van der Waals surface area contributed by atoms with E-state index >= 15 is 0 Å². The summed E-state index contributed by atoms with van der Waals surface area (Å²) in [5.41, 5.74) is 0.489. The van der Waals surface area contributed by atoms with Crippen LogP contribution in [0.4, 0.5) is 0 Å². The number of benzene rings is 2. The van der Waals surface area contributed by atoms with Gasteiger partial charge in [-0.25, -0.2) is 0 Å². The third kappa shape index (κ3) is 8.59. The highest BCUT2D eigenvalue weighted by Gasteiger charge is 2.11. The van der Waals surface area contributed by atoms with Gasteiger partial charge >= 0.3 is 5.97 Å². The van der Waals surface area contributed by atoms with E-state index in [1.165, 1.54) is 4.90 Å². The molecular formula is C21H22ClNO4S. The smallest absolute Gasteiger partial charge is 0.306 e. The number of hydrogen-bond donors (Lipinski definition) is 1. The van der Waals surface area contributed by atoms with Crippen LogP contribution in [0.5, 0.6) is 0 Å². The molecule has 0 aliphatic heterocycles. The fourth-order valence-electron chi connectivity index (χ4n) is 2.27. The second-order valence-corrected chi connectivity index (χ2v) is 7.56. The van der Waals surface area contributed by atoms with Crippen molar-refractivity contribution >= 4 is 41.0 Å². The van der Waals surface area contributed by atoms with Gasteiger partial charge in [-0.3, -0.25) is 14.4 Å². The molecule has 0 aromatic heterocycles. The fraction of sp³-hybridized carbons (Fsp3) is 0.286. The quantitative estimate of drug-likeness (QED) is 0.256. The summed E-state index contributed by atoms with van der Waals surface area (Å²) in [6.07, 6.45) is 0.774. The van der Waals surface area contributed by atoms with E-state index in [9.17, 15) is 14.4 Å².